The lowest BCUT2D eigenvalue weighted by Crippen LogP contribution is -2.33. The Morgan fingerprint density at radius 2 is 2.17 bits per heavy atom. The lowest BCUT2D eigenvalue weighted by atomic mass is 9.89. The quantitative estimate of drug-likeness (QED) is 0.754. The van der Waals surface area contributed by atoms with Crippen molar-refractivity contribution in [1.82, 2.24) is 0 Å². The van der Waals surface area contributed by atoms with Gasteiger partial charge in [0.25, 0.3) is 0 Å². The van der Waals surface area contributed by atoms with E-state index < -0.39 is 11.8 Å². The Balaban J connectivity index is 1.53. The van der Waals surface area contributed by atoms with Crippen molar-refractivity contribution < 1.29 is 33.2 Å². The average Bonchev–Trinajstić information content (AvgIpc) is 2.93. The van der Waals surface area contributed by atoms with Crippen LogP contribution in [0.1, 0.15) is 54.9 Å². The van der Waals surface area contributed by atoms with E-state index in [2.05, 4.69) is 0 Å². The first-order chi connectivity index (χ1) is 14.1. The highest BCUT2D eigenvalue weighted by atomic mass is 19.1. The normalized spacial score (nSPS) is 31.3. The maximum Gasteiger partial charge on any atom is 0.341 e. The van der Waals surface area contributed by atoms with E-state index in [0.717, 1.165) is 31.2 Å². The summed E-state index contributed by atoms with van der Waals surface area (Å²) < 4.78 is 38.0. The molecular formula is C22H29FO6. The van der Waals surface area contributed by atoms with Crippen LogP contribution in [0.2, 0.25) is 0 Å². The van der Waals surface area contributed by atoms with Crippen LogP contribution in [0.4, 0.5) is 4.39 Å². The van der Waals surface area contributed by atoms with Crippen molar-refractivity contribution in [3.8, 4) is 5.75 Å². The molecule has 0 bridgehead atoms. The van der Waals surface area contributed by atoms with E-state index in [0.29, 0.717) is 19.4 Å². The van der Waals surface area contributed by atoms with Crippen molar-refractivity contribution >= 4 is 5.97 Å². The molecule has 2 heterocycles. The van der Waals surface area contributed by atoms with Crippen LogP contribution in [0, 0.1) is 17.7 Å². The number of ether oxygens (including phenoxy) is 4. The number of halogens is 1. The number of esters is 1. The van der Waals surface area contributed by atoms with Gasteiger partial charge < -0.3 is 24.1 Å². The molecule has 4 rings (SSSR count). The van der Waals surface area contributed by atoms with E-state index in [9.17, 15) is 9.90 Å². The SMILES string of the molecule is CCOC(=O)c1ccc2c(c1F)O[C@H]1C[C@@H](OC3CCCCO3)[C@H](CO)[C@H]1CC2. The van der Waals surface area contributed by atoms with E-state index in [4.69, 9.17) is 18.9 Å². The smallest absolute Gasteiger partial charge is 0.341 e. The van der Waals surface area contributed by atoms with E-state index in [-0.39, 0.29) is 54.9 Å². The van der Waals surface area contributed by atoms with Gasteiger partial charge in [0.15, 0.2) is 17.9 Å². The highest BCUT2D eigenvalue weighted by Crippen LogP contribution is 2.44. The molecule has 2 aliphatic heterocycles. The number of rotatable bonds is 5. The van der Waals surface area contributed by atoms with Crippen molar-refractivity contribution in [1.29, 1.82) is 0 Å². The van der Waals surface area contributed by atoms with Crippen LogP contribution < -0.4 is 4.74 Å². The first kappa shape index (κ1) is 20.6. The maximum atomic E-state index is 15.1. The molecule has 160 valence electrons. The molecule has 7 heteroatoms. The monoisotopic (exact) mass is 408 g/mol. The second-order valence-corrected chi connectivity index (χ2v) is 8.05. The van der Waals surface area contributed by atoms with Gasteiger partial charge in [-0.3, -0.25) is 0 Å². The predicted octanol–water partition coefficient (Wildman–Crippen LogP) is 3.24. The molecule has 3 aliphatic rings. The zero-order valence-electron chi connectivity index (χ0n) is 16.8. The van der Waals surface area contributed by atoms with Gasteiger partial charge in [-0.25, -0.2) is 9.18 Å². The molecule has 1 saturated carbocycles. The Bertz CT molecular complexity index is 732. The lowest BCUT2D eigenvalue weighted by molar-refractivity contribution is -0.198. The molecule has 1 unspecified atom stereocenters. The number of aryl methyl sites for hydroxylation is 1. The number of benzene rings is 1. The van der Waals surface area contributed by atoms with Gasteiger partial charge in [0.05, 0.1) is 18.3 Å². The second kappa shape index (κ2) is 8.98. The third-order valence-electron chi connectivity index (χ3n) is 6.34. The number of hydrogen-bond donors (Lipinski definition) is 1. The molecule has 2 fully saturated rings. The molecule has 6 nitrogen and oxygen atoms in total. The first-order valence-corrected chi connectivity index (χ1v) is 10.7. The fourth-order valence-electron chi connectivity index (χ4n) is 4.85. The van der Waals surface area contributed by atoms with Gasteiger partial charge in [0.1, 0.15) is 6.10 Å². The molecule has 0 aromatic heterocycles. The Morgan fingerprint density at radius 1 is 1.31 bits per heavy atom. The number of aliphatic hydroxyl groups excluding tert-OH is 1. The Labute approximate surface area is 170 Å². The summed E-state index contributed by atoms with van der Waals surface area (Å²) >= 11 is 0. The third-order valence-corrected chi connectivity index (χ3v) is 6.34. The summed E-state index contributed by atoms with van der Waals surface area (Å²) in [6.07, 6.45) is 4.23. The standard InChI is InChI=1S/C22H29FO6/c1-2-26-22(25)15-9-7-13-6-8-14-16(12-24)18(28-19-5-3-4-10-27-19)11-17(14)29-21(13)20(15)23/h7,9,14,16-19,24H,2-6,8,10-12H2,1H3/t14-,16-,17+,18-,19?/m1/s1. The lowest BCUT2D eigenvalue weighted by Gasteiger charge is -2.29. The van der Waals surface area contributed by atoms with Gasteiger partial charge in [0.2, 0.25) is 0 Å². The number of aliphatic hydroxyl groups is 1. The van der Waals surface area contributed by atoms with Crippen LogP contribution in [0.15, 0.2) is 12.1 Å². The molecule has 1 aromatic rings. The molecule has 1 aliphatic carbocycles. The summed E-state index contributed by atoms with van der Waals surface area (Å²) in [6, 6.07) is 3.20. The Kier molecular flexibility index (Phi) is 6.37. The van der Waals surface area contributed by atoms with Crippen molar-refractivity contribution in [2.24, 2.45) is 11.8 Å². The maximum absolute atomic E-state index is 15.1. The van der Waals surface area contributed by atoms with Gasteiger partial charge in [-0.15, -0.1) is 0 Å². The summed E-state index contributed by atoms with van der Waals surface area (Å²) in [6.45, 7) is 2.56. The third kappa shape index (κ3) is 4.13. The Hall–Kier alpha value is -1.70. The van der Waals surface area contributed by atoms with Crippen LogP contribution in [0.5, 0.6) is 5.75 Å². The molecule has 1 saturated heterocycles. The Morgan fingerprint density at radius 3 is 2.90 bits per heavy atom. The molecule has 1 aromatic carbocycles. The highest BCUT2D eigenvalue weighted by molar-refractivity contribution is 5.90. The van der Waals surface area contributed by atoms with Gasteiger partial charge in [-0.2, -0.15) is 0 Å². The van der Waals surface area contributed by atoms with Gasteiger partial charge in [-0.05, 0) is 50.7 Å². The van der Waals surface area contributed by atoms with Gasteiger partial charge in [-0.1, -0.05) is 6.07 Å². The van der Waals surface area contributed by atoms with Crippen molar-refractivity contribution in [2.45, 2.75) is 63.9 Å². The van der Waals surface area contributed by atoms with E-state index in [1.165, 1.54) is 6.07 Å². The summed E-state index contributed by atoms with van der Waals surface area (Å²) in [5.74, 6) is -1.23. The topological polar surface area (TPSA) is 74.2 Å². The van der Waals surface area contributed by atoms with Crippen molar-refractivity contribution in [2.75, 3.05) is 19.8 Å². The summed E-state index contributed by atoms with van der Waals surface area (Å²) in [5, 5.41) is 10.0. The molecule has 29 heavy (non-hydrogen) atoms. The number of carbonyl (C=O) groups excluding carboxylic acids is 1. The minimum Gasteiger partial charge on any atom is -0.487 e. The van der Waals surface area contributed by atoms with Crippen LogP contribution >= 0.6 is 0 Å². The molecule has 0 spiro atoms. The fourth-order valence-corrected chi connectivity index (χ4v) is 4.85. The van der Waals surface area contributed by atoms with E-state index in [1.54, 1.807) is 13.0 Å². The summed E-state index contributed by atoms with van der Waals surface area (Å²) in [4.78, 5) is 12.1. The predicted molar refractivity (Wildman–Crippen MR) is 102 cm³/mol. The van der Waals surface area contributed by atoms with Crippen LogP contribution in [0.25, 0.3) is 0 Å². The van der Waals surface area contributed by atoms with Crippen LogP contribution in [-0.2, 0) is 20.6 Å². The number of hydrogen-bond acceptors (Lipinski definition) is 6. The first-order valence-electron chi connectivity index (χ1n) is 10.7. The molecule has 0 amide bonds. The zero-order valence-corrected chi connectivity index (χ0v) is 16.8. The average molecular weight is 408 g/mol. The number of carbonyl (C=O) groups is 1. The van der Waals surface area contributed by atoms with Crippen LogP contribution in [-0.4, -0.2) is 49.4 Å². The van der Waals surface area contributed by atoms with Crippen LogP contribution in [0.3, 0.4) is 0 Å². The highest BCUT2D eigenvalue weighted by Gasteiger charge is 2.47. The molecular weight excluding hydrogens is 379 g/mol. The van der Waals surface area contributed by atoms with Crippen molar-refractivity contribution in [3.05, 3.63) is 29.1 Å². The molecule has 5 atom stereocenters. The fraction of sp³-hybridized carbons (Fsp3) is 0.682. The van der Waals surface area contributed by atoms with Gasteiger partial charge in [0, 0.05) is 31.5 Å². The molecule has 1 N–H and O–H groups in total. The second-order valence-electron chi connectivity index (χ2n) is 8.05. The molecule has 0 radical (unpaired) electrons. The van der Waals surface area contributed by atoms with Crippen molar-refractivity contribution in [3.63, 3.8) is 0 Å². The number of fused-ring (bicyclic) bond motifs is 2. The van der Waals surface area contributed by atoms with E-state index in [1.807, 2.05) is 0 Å². The largest absolute Gasteiger partial charge is 0.487 e. The minimum atomic E-state index is -0.687. The zero-order chi connectivity index (χ0) is 20.4. The summed E-state index contributed by atoms with van der Waals surface area (Å²) in [5.41, 5.74) is 0.638. The summed E-state index contributed by atoms with van der Waals surface area (Å²) in [7, 11) is 0. The minimum absolute atomic E-state index is 0.00514. The van der Waals surface area contributed by atoms with Gasteiger partial charge >= 0.3 is 5.97 Å². The van der Waals surface area contributed by atoms with E-state index >= 15 is 4.39 Å².